The van der Waals surface area contributed by atoms with Gasteiger partial charge in [0.05, 0.1) is 16.7 Å². The zero-order chi connectivity index (χ0) is 26.6. The quantitative estimate of drug-likeness (QED) is 0.395. The lowest BCUT2D eigenvalue weighted by molar-refractivity contribution is -0.132. The van der Waals surface area contributed by atoms with Gasteiger partial charge in [-0.3, -0.25) is 9.59 Å². The number of hydrogen-bond donors (Lipinski definition) is 2. The van der Waals surface area contributed by atoms with Gasteiger partial charge in [-0.15, -0.1) is 0 Å². The Hall–Kier alpha value is -5.19. The van der Waals surface area contributed by atoms with E-state index in [9.17, 15) is 34.2 Å². The summed E-state index contributed by atoms with van der Waals surface area (Å²) in [6.07, 6.45) is 0. The van der Waals surface area contributed by atoms with Gasteiger partial charge in [-0.1, -0.05) is 0 Å². The van der Waals surface area contributed by atoms with Crippen molar-refractivity contribution in [2.24, 2.45) is 0 Å². The Morgan fingerprint density at radius 2 is 1.22 bits per heavy atom. The van der Waals surface area contributed by atoms with Gasteiger partial charge in [0.15, 0.2) is 5.60 Å². The number of fused-ring (bicyclic) bond motifs is 6. The summed E-state index contributed by atoms with van der Waals surface area (Å²) in [4.78, 5) is 59.8. The Balaban J connectivity index is 1.83. The van der Waals surface area contributed by atoms with Crippen LogP contribution >= 0.6 is 0 Å². The largest absolute Gasteiger partial charge is 0.478 e. The van der Waals surface area contributed by atoms with Gasteiger partial charge in [0.25, 0.3) is 0 Å². The molecule has 3 aromatic carbocycles. The topological polar surface area (TPSA) is 163 Å². The summed E-state index contributed by atoms with van der Waals surface area (Å²) in [7, 11) is 0. The number of ether oxygens (including phenoxy) is 4. The minimum atomic E-state index is -1.75. The van der Waals surface area contributed by atoms with Crippen LogP contribution in [0.3, 0.4) is 0 Å². The van der Waals surface area contributed by atoms with Crippen LogP contribution in [0.15, 0.2) is 48.5 Å². The third-order valence-electron chi connectivity index (χ3n) is 5.87. The van der Waals surface area contributed by atoms with Crippen molar-refractivity contribution >= 4 is 29.8 Å². The molecule has 0 bridgehead atoms. The first-order valence-corrected chi connectivity index (χ1v) is 10.7. The second-order valence-electron chi connectivity index (χ2n) is 8.23. The lowest BCUT2D eigenvalue weighted by Gasteiger charge is -2.36. The van der Waals surface area contributed by atoms with Gasteiger partial charge < -0.3 is 29.2 Å². The first-order chi connectivity index (χ1) is 17.5. The molecule has 186 valence electrons. The zero-order valence-corrected chi connectivity index (χ0v) is 19.2. The highest BCUT2D eigenvalue weighted by atomic mass is 16.6. The van der Waals surface area contributed by atoms with Crippen molar-refractivity contribution in [3.63, 3.8) is 0 Å². The Bertz CT molecular complexity index is 1500. The molecular formula is C26H16O11. The van der Waals surface area contributed by atoms with Crippen LogP contribution in [-0.2, 0) is 19.9 Å². The highest BCUT2D eigenvalue weighted by Gasteiger charge is 2.54. The van der Waals surface area contributed by atoms with Crippen LogP contribution in [0, 0.1) is 0 Å². The number of hydrogen-bond acceptors (Lipinski definition) is 9. The number of carbonyl (C=O) groups is 5. The smallest absolute Gasteiger partial charge is 0.340 e. The van der Waals surface area contributed by atoms with Crippen LogP contribution in [0.1, 0.15) is 61.6 Å². The van der Waals surface area contributed by atoms with Crippen molar-refractivity contribution in [2.75, 3.05) is 0 Å². The molecule has 11 heteroatoms. The van der Waals surface area contributed by atoms with Gasteiger partial charge in [0.2, 0.25) is 0 Å². The average molecular weight is 504 g/mol. The molecule has 0 saturated carbocycles. The minimum Gasteiger partial charge on any atom is -0.478 e. The standard InChI is InChI=1S/C26H16O11/c1-11(27)34-13-3-5-18-21(7-13)36-22-8-14(35-12(2)28)4-6-19(22)26(18)20-10-16(24(31)32)15(23(29)30)9-17(20)25(33)37-26/h3-10H,1-2H3,(H,29,30)(H,31,32). The molecule has 0 aliphatic carbocycles. The van der Waals surface area contributed by atoms with Gasteiger partial charge in [-0.25, -0.2) is 14.4 Å². The summed E-state index contributed by atoms with van der Waals surface area (Å²) in [6.45, 7) is 2.43. The first-order valence-electron chi connectivity index (χ1n) is 10.7. The molecule has 0 saturated heterocycles. The monoisotopic (exact) mass is 504 g/mol. The van der Waals surface area contributed by atoms with E-state index in [-0.39, 0.29) is 45.3 Å². The van der Waals surface area contributed by atoms with E-state index in [1.807, 2.05) is 0 Å². The zero-order valence-electron chi connectivity index (χ0n) is 19.2. The van der Waals surface area contributed by atoms with E-state index in [4.69, 9.17) is 18.9 Å². The summed E-state index contributed by atoms with van der Waals surface area (Å²) in [5.74, 6) is -4.66. The van der Waals surface area contributed by atoms with Crippen molar-refractivity contribution in [1.29, 1.82) is 0 Å². The number of esters is 3. The van der Waals surface area contributed by atoms with Crippen molar-refractivity contribution < 1.29 is 53.1 Å². The van der Waals surface area contributed by atoms with Crippen molar-refractivity contribution in [1.82, 2.24) is 0 Å². The van der Waals surface area contributed by atoms with E-state index in [0.29, 0.717) is 0 Å². The predicted octanol–water partition coefficient (Wildman–Crippen LogP) is 3.50. The highest BCUT2D eigenvalue weighted by Crippen LogP contribution is 2.57. The summed E-state index contributed by atoms with van der Waals surface area (Å²) in [6, 6.07) is 10.7. The molecule has 0 fully saturated rings. The van der Waals surface area contributed by atoms with Gasteiger partial charge in [0, 0.05) is 42.7 Å². The second kappa shape index (κ2) is 8.19. The normalized spacial score (nSPS) is 13.9. The van der Waals surface area contributed by atoms with Gasteiger partial charge in [-0.2, -0.15) is 0 Å². The van der Waals surface area contributed by atoms with Crippen molar-refractivity contribution in [3.05, 3.63) is 81.9 Å². The fourth-order valence-corrected chi connectivity index (χ4v) is 4.54. The Kier molecular flexibility index (Phi) is 5.21. The third-order valence-corrected chi connectivity index (χ3v) is 5.87. The van der Waals surface area contributed by atoms with Gasteiger partial charge >= 0.3 is 29.8 Å². The van der Waals surface area contributed by atoms with E-state index in [1.54, 1.807) is 0 Å². The Morgan fingerprint density at radius 3 is 1.68 bits per heavy atom. The third kappa shape index (κ3) is 3.64. The van der Waals surface area contributed by atoms with E-state index < -0.39 is 46.6 Å². The van der Waals surface area contributed by atoms with Crippen molar-refractivity contribution in [2.45, 2.75) is 19.4 Å². The summed E-state index contributed by atoms with van der Waals surface area (Å²) < 4.78 is 22.2. The molecule has 2 aliphatic heterocycles. The number of carbonyl (C=O) groups excluding carboxylic acids is 3. The van der Waals surface area contributed by atoms with Gasteiger partial charge in [0.1, 0.15) is 23.0 Å². The van der Waals surface area contributed by atoms with Crippen LogP contribution < -0.4 is 14.2 Å². The first kappa shape index (κ1) is 23.5. The summed E-state index contributed by atoms with van der Waals surface area (Å²) in [5, 5.41) is 19.3. The number of rotatable bonds is 4. The van der Waals surface area contributed by atoms with Crippen LogP contribution in [0.4, 0.5) is 0 Å². The second-order valence-corrected chi connectivity index (χ2v) is 8.23. The fourth-order valence-electron chi connectivity index (χ4n) is 4.54. The Morgan fingerprint density at radius 1 is 0.730 bits per heavy atom. The summed E-state index contributed by atoms with van der Waals surface area (Å²) in [5.41, 5.74) is -2.42. The average Bonchev–Trinajstić information content (AvgIpc) is 3.09. The van der Waals surface area contributed by atoms with Crippen LogP contribution in [0.2, 0.25) is 0 Å². The van der Waals surface area contributed by atoms with Crippen molar-refractivity contribution in [3.8, 4) is 23.0 Å². The lowest BCUT2D eigenvalue weighted by Crippen LogP contribution is -2.33. The molecule has 3 aromatic rings. The molecule has 2 aliphatic rings. The van der Waals surface area contributed by atoms with E-state index in [1.165, 1.54) is 50.2 Å². The van der Waals surface area contributed by atoms with Crippen LogP contribution in [0.5, 0.6) is 23.0 Å². The molecule has 37 heavy (non-hydrogen) atoms. The van der Waals surface area contributed by atoms with E-state index >= 15 is 0 Å². The Labute approximate surface area is 207 Å². The predicted molar refractivity (Wildman–Crippen MR) is 121 cm³/mol. The van der Waals surface area contributed by atoms with Crippen LogP contribution in [0.25, 0.3) is 0 Å². The maximum Gasteiger partial charge on any atom is 0.340 e. The SMILES string of the molecule is CC(=O)Oc1ccc2c(c1)Oc1cc(OC(C)=O)ccc1C21OC(=O)c2cc(C(=O)O)c(C(=O)O)cc21. The molecule has 2 heterocycles. The molecule has 2 N–H and O–H groups in total. The number of benzene rings is 3. The molecule has 0 atom stereocenters. The molecular weight excluding hydrogens is 488 g/mol. The highest BCUT2D eigenvalue weighted by molar-refractivity contribution is 6.06. The van der Waals surface area contributed by atoms with Gasteiger partial charge in [-0.05, 0) is 36.4 Å². The number of aromatic carboxylic acids is 2. The summed E-state index contributed by atoms with van der Waals surface area (Å²) >= 11 is 0. The lowest BCUT2D eigenvalue weighted by atomic mass is 9.76. The molecule has 0 radical (unpaired) electrons. The number of carboxylic acids is 2. The molecule has 0 amide bonds. The van der Waals surface area contributed by atoms with E-state index in [2.05, 4.69) is 0 Å². The molecule has 5 rings (SSSR count). The number of carboxylic acid groups (broad SMARTS) is 2. The molecule has 11 nitrogen and oxygen atoms in total. The maximum atomic E-state index is 13.1. The molecule has 0 aromatic heterocycles. The van der Waals surface area contributed by atoms with E-state index in [0.717, 1.165) is 12.1 Å². The van der Waals surface area contributed by atoms with Crippen LogP contribution in [-0.4, -0.2) is 40.1 Å². The maximum absolute atomic E-state index is 13.1. The fraction of sp³-hybridized carbons (Fsp3) is 0.115. The minimum absolute atomic E-state index is 0.0752. The molecule has 1 spiro atoms. The molecule has 0 unspecified atom stereocenters.